The Morgan fingerprint density at radius 2 is 2.05 bits per heavy atom. The number of aliphatic hydroxyl groups excluding tert-OH is 2. The summed E-state index contributed by atoms with van der Waals surface area (Å²) in [4.78, 5) is 12.0. The lowest BCUT2D eigenvalue weighted by molar-refractivity contribution is -0.153. The van der Waals surface area contributed by atoms with Crippen LogP contribution in [-0.2, 0) is 4.79 Å². The standard InChI is InChI=1S/C15H22O4/c1-9(2)6-5-7-10(3)11-8-12(16)15(4,19)14(18)13(11)17/h6,8,12,14,16,18-19H,3,5,7H2,1-2,4H3/t12-,14+,15+/m1/s1. The number of rotatable bonds is 4. The molecule has 1 rings (SSSR count). The molecular formula is C15H22O4. The van der Waals surface area contributed by atoms with Gasteiger partial charge in [0.15, 0.2) is 5.78 Å². The Morgan fingerprint density at radius 3 is 2.58 bits per heavy atom. The van der Waals surface area contributed by atoms with Crippen LogP contribution in [0.3, 0.4) is 0 Å². The van der Waals surface area contributed by atoms with Gasteiger partial charge in [-0.15, -0.1) is 0 Å². The van der Waals surface area contributed by atoms with Gasteiger partial charge in [0.2, 0.25) is 0 Å². The molecule has 0 fully saturated rings. The largest absolute Gasteiger partial charge is 0.386 e. The van der Waals surface area contributed by atoms with Crippen molar-refractivity contribution in [1.82, 2.24) is 0 Å². The van der Waals surface area contributed by atoms with Gasteiger partial charge in [0, 0.05) is 5.57 Å². The zero-order valence-electron chi connectivity index (χ0n) is 11.7. The van der Waals surface area contributed by atoms with Crippen molar-refractivity contribution in [2.45, 2.75) is 51.4 Å². The molecule has 0 radical (unpaired) electrons. The highest BCUT2D eigenvalue weighted by atomic mass is 16.4. The molecule has 0 bridgehead atoms. The van der Waals surface area contributed by atoms with Gasteiger partial charge in [-0.1, -0.05) is 18.2 Å². The van der Waals surface area contributed by atoms with Gasteiger partial charge >= 0.3 is 0 Å². The summed E-state index contributed by atoms with van der Waals surface area (Å²) in [6.07, 6.45) is 1.72. The van der Waals surface area contributed by atoms with Crippen molar-refractivity contribution >= 4 is 5.78 Å². The smallest absolute Gasteiger partial charge is 0.194 e. The molecule has 0 heterocycles. The Balaban J connectivity index is 2.86. The number of Topliss-reactive ketones (excluding diaryl/α,β-unsaturated/α-hetero) is 1. The first-order valence-corrected chi connectivity index (χ1v) is 6.34. The average molecular weight is 266 g/mol. The van der Waals surface area contributed by atoms with Crippen molar-refractivity contribution in [3.05, 3.63) is 35.5 Å². The Morgan fingerprint density at radius 1 is 1.47 bits per heavy atom. The van der Waals surface area contributed by atoms with Gasteiger partial charge in [0.1, 0.15) is 17.8 Å². The van der Waals surface area contributed by atoms with E-state index in [1.54, 1.807) is 0 Å². The van der Waals surface area contributed by atoms with Gasteiger partial charge in [-0.25, -0.2) is 0 Å². The van der Waals surface area contributed by atoms with E-state index in [0.29, 0.717) is 12.0 Å². The molecule has 0 saturated carbocycles. The molecular weight excluding hydrogens is 244 g/mol. The molecule has 4 heteroatoms. The van der Waals surface area contributed by atoms with Crippen LogP contribution in [0.2, 0.25) is 0 Å². The molecule has 0 amide bonds. The van der Waals surface area contributed by atoms with E-state index in [9.17, 15) is 20.1 Å². The summed E-state index contributed by atoms with van der Waals surface area (Å²) in [5, 5.41) is 29.3. The maximum absolute atomic E-state index is 12.0. The molecule has 4 nitrogen and oxygen atoms in total. The molecule has 3 N–H and O–H groups in total. The highest BCUT2D eigenvalue weighted by Crippen LogP contribution is 2.30. The zero-order valence-corrected chi connectivity index (χ0v) is 11.7. The summed E-state index contributed by atoms with van der Waals surface area (Å²) in [7, 11) is 0. The molecule has 3 atom stereocenters. The van der Waals surface area contributed by atoms with E-state index in [0.717, 1.165) is 6.42 Å². The first kappa shape index (κ1) is 15.8. The maximum atomic E-state index is 12.0. The molecule has 0 aromatic carbocycles. The molecule has 0 aromatic rings. The van der Waals surface area contributed by atoms with Crippen molar-refractivity contribution in [2.24, 2.45) is 0 Å². The Kier molecular flexibility index (Phi) is 4.85. The van der Waals surface area contributed by atoms with Crippen LogP contribution in [0.4, 0.5) is 0 Å². The topological polar surface area (TPSA) is 77.8 Å². The van der Waals surface area contributed by atoms with Crippen molar-refractivity contribution in [3.8, 4) is 0 Å². The fourth-order valence-electron chi connectivity index (χ4n) is 1.94. The van der Waals surface area contributed by atoms with Crippen LogP contribution < -0.4 is 0 Å². The first-order chi connectivity index (χ1) is 8.67. The predicted octanol–water partition coefficient (Wildman–Crippen LogP) is 1.27. The lowest BCUT2D eigenvalue weighted by atomic mass is 9.78. The minimum Gasteiger partial charge on any atom is -0.386 e. The summed E-state index contributed by atoms with van der Waals surface area (Å²) in [5.74, 6) is -0.586. The molecule has 1 aliphatic carbocycles. The van der Waals surface area contributed by atoms with Crippen molar-refractivity contribution < 1.29 is 20.1 Å². The molecule has 1 aliphatic rings. The zero-order chi connectivity index (χ0) is 14.8. The van der Waals surface area contributed by atoms with Crippen LogP contribution in [0.5, 0.6) is 0 Å². The summed E-state index contributed by atoms with van der Waals surface area (Å²) in [6, 6.07) is 0. The fourth-order valence-corrected chi connectivity index (χ4v) is 1.94. The van der Waals surface area contributed by atoms with Gasteiger partial charge in [0.05, 0.1) is 0 Å². The van der Waals surface area contributed by atoms with Gasteiger partial charge in [-0.05, 0) is 45.3 Å². The number of aliphatic hydroxyl groups is 3. The normalized spacial score (nSPS) is 30.8. The number of ketones is 1. The van der Waals surface area contributed by atoms with E-state index in [1.165, 1.54) is 18.6 Å². The van der Waals surface area contributed by atoms with Gasteiger partial charge in [-0.2, -0.15) is 0 Å². The fraction of sp³-hybridized carbons (Fsp3) is 0.533. The summed E-state index contributed by atoms with van der Waals surface area (Å²) in [5.41, 5.74) is 0.116. The molecule has 106 valence electrons. The molecule has 0 unspecified atom stereocenters. The van der Waals surface area contributed by atoms with Crippen LogP contribution in [0.15, 0.2) is 35.5 Å². The second kappa shape index (κ2) is 5.82. The monoisotopic (exact) mass is 266 g/mol. The average Bonchev–Trinajstić information content (AvgIpc) is 2.31. The van der Waals surface area contributed by atoms with Crippen molar-refractivity contribution in [1.29, 1.82) is 0 Å². The van der Waals surface area contributed by atoms with Crippen LogP contribution in [0.25, 0.3) is 0 Å². The Hall–Kier alpha value is -1.23. The SMILES string of the molecule is C=C(CCC=C(C)C)C1=C[C@@H](O)[C@](C)(O)[C@@H](O)C1=O. The highest BCUT2D eigenvalue weighted by Gasteiger charge is 2.46. The quantitative estimate of drug-likeness (QED) is 0.670. The van der Waals surface area contributed by atoms with E-state index < -0.39 is 23.6 Å². The predicted molar refractivity (Wildman–Crippen MR) is 73.5 cm³/mol. The van der Waals surface area contributed by atoms with Crippen LogP contribution in [0.1, 0.15) is 33.6 Å². The summed E-state index contributed by atoms with van der Waals surface area (Å²) < 4.78 is 0. The van der Waals surface area contributed by atoms with Crippen LogP contribution in [0, 0.1) is 0 Å². The molecule has 0 spiro atoms. The second-order valence-electron chi connectivity index (χ2n) is 5.44. The van der Waals surface area contributed by atoms with E-state index >= 15 is 0 Å². The third kappa shape index (κ3) is 3.41. The number of hydrogen-bond acceptors (Lipinski definition) is 4. The Bertz CT molecular complexity index is 439. The van der Waals surface area contributed by atoms with Crippen LogP contribution >= 0.6 is 0 Å². The number of carbonyl (C=O) groups excluding carboxylic acids is 1. The number of allylic oxidation sites excluding steroid dienone is 3. The van der Waals surface area contributed by atoms with Gasteiger partial charge in [-0.3, -0.25) is 4.79 Å². The molecule has 19 heavy (non-hydrogen) atoms. The maximum Gasteiger partial charge on any atom is 0.194 e. The Labute approximate surface area is 113 Å². The lowest BCUT2D eigenvalue weighted by Gasteiger charge is -2.36. The summed E-state index contributed by atoms with van der Waals surface area (Å²) >= 11 is 0. The van der Waals surface area contributed by atoms with Gasteiger partial charge in [0.25, 0.3) is 0 Å². The molecule has 0 saturated heterocycles. The molecule has 0 aliphatic heterocycles. The highest BCUT2D eigenvalue weighted by molar-refractivity contribution is 6.04. The lowest BCUT2D eigenvalue weighted by Crippen LogP contribution is -2.55. The molecule has 0 aromatic heterocycles. The number of hydrogen-bond donors (Lipinski definition) is 3. The van der Waals surface area contributed by atoms with Crippen molar-refractivity contribution in [2.75, 3.05) is 0 Å². The van der Waals surface area contributed by atoms with E-state index in [-0.39, 0.29) is 5.57 Å². The summed E-state index contributed by atoms with van der Waals surface area (Å²) in [6.45, 7) is 9.02. The third-order valence-corrected chi connectivity index (χ3v) is 3.37. The first-order valence-electron chi connectivity index (χ1n) is 6.34. The number of carbonyl (C=O) groups is 1. The van der Waals surface area contributed by atoms with Gasteiger partial charge < -0.3 is 15.3 Å². The minimum absolute atomic E-state index is 0.216. The second-order valence-corrected chi connectivity index (χ2v) is 5.44. The van der Waals surface area contributed by atoms with Crippen molar-refractivity contribution in [3.63, 3.8) is 0 Å². The third-order valence-electron chi connectivity index (χ3n) is 3.37. The van der Waals surface area contributed by atoms with E-state index in [4.69, 9.17) is 0 Å². The van der Waals surface area contributed by atoms with Crippen LogP contribution in [-0.4, -0.2) is 38.9 Å². The van der Waals surface area contributed by atoms with E-state index in [1.807, 2.05) is 19.9 Å². The van der Waals surface area contributed by atoms with E-state index in [2.05, 4.69) is 6.58 Å². The minimum atomic E-state index is -1.85.